The van der Waals surface area contributed by atoms with Crippen molar-refractivity contribution in [2.24, 2.45) is 13.0 Å². The molecule has 16 heteroatoms. The predicted molar refractivity (Wildman–Crippen MR) is 194 cm³/mol. The molecular formula is C37H37F4N9O2S. The number of carbonyl (C=O) groups is 1. The molecule has 2 aliphatic rings. The number of benzene rings is 2. The molecule has 11 nitrogen and oxygen atoms in total. The molecule has 1 aliphatic heterocycles. The monoisotopic (exact) mass is 747 g/mol. The Balaban J connectivity index is 1.26. The maximum Gasteiger partial charge on any atom is 0.282 e. The number of para-hydroxylation sites is 1. The quantitative estimate of drug-likeness (QED) is 0.152. The number of nitrogens with zero attached hydrogens (tertiary/aromatic N) is 7. The zero-order valence-electron chi connectivity index (χ0n) is 29.2. The van der Waals surface area contributed by atoms with Gasteiger partial charge in [0.2, 0.25) is 5.91 Å². The number of alkyl halides is 2. The highest BCUT2D eigenvalue weighted by Crippen LogP contribution is 2.41. The number of halogens is 4. The smallest absolute Gasteiger partial charge is 0.282 e. The number of aliphatic hydroxyl groups is 1. The van der Waals surface area contributed by atoms with Gasteiger partial charge in [-0.2, -0.15) is 15.2 Å². The molecule has 1 amide bonds. The van der Waals surface area contributed by atoms with Crippen molar-refractivity contribution >= 4 is 49.4 Å². The Labute approximate surface area is 305 Å². The van der Waals surface area contributed by atoms with Crippen LogP contribution in [0.15, 0.2) is 42.5 Å². The van der Waals surface area contributed by atoms with Crippen molar-refractivity contribution in [3.8, 4) is 11.1 Å². The summed E-state index contributed by atoms with van der Waals surface area (Å²) in [5, 5.41) is 23.4. The lowest BCUT2D eigenvalue weighted by Crippen LogP contribution is -2.60. The first-order valence-corrected chi connectivity index (χ1v) is 18.2. The third-order valence-electron chi connectivity index (χ3n) is 10.1. The lowest BCUT2D eigenvalue weighted by molar-refractivity contribution is -0.122. The number of hydrogen-bond donors (Lipinski definition) is 3. The van der Waals surface area contributed by atoms with Crippen molar-refractivity contribution in [3.05, 3.63) is 82.3 Å². The van der Waals surface area contributed by atoms with Crippen molar-refractivity contribution in [2.75, 3.05) is 23.7 Å². The molecule has 0 spiro atoms. The van der Waals surface area contributed by atoms with Gasteiger partial charge in [0.25, 0.3) is 6.43 Å². The van der Waals surface area contributed by atoms with Crippen LogP contribution in [0.3, 0.4) is 0 Å². The standard InChI is InChI=1S/C37H37F4N9O2S/c1-18-7-8-23-27(9-18)50(46-31(23)33(40)41)15-29(51)43-26(12-19-10-20(38)13-21(39)11-19)30-25(22-5-4-6-24-32(22)48(3)47-34(24)42)14-28-35(44-30)45-36(53-28)49-16-37(2,52)17-49/h4-6,10-11,13-14,18,26,33,52H,7-9,12,15-17H2,1-3H3,(H2,42,47)(H,43,51)/t18?,26-/m0/s1. The molecular weight excluding hydrogens is 711 g/mol. The van der Waals surface area contributed by atoms with Crippen molar-refractivity contribution in [1.29, 1.82) is 0 Å². The molecule has 5 heterocycles. The number of rotatable bonds is 9. The fourth-order valence-corrected chi connectivity index (χ4v) is 8.66. The molecule has 4 N–H and O–H groups in total. The van der Waals surface area contributed by atoms with E-state index in [1.165, 1.54) is 28.2 Å². The van der Waals surface area contributed by atoms with Crippen molar-refractivity contribution in [2.45, 2.75) is 64.1 Å². The summed E-state index contributed by atoms with van der Waals surface area (Å²) in [4.78, 5) is 25.8. The SMILES string of the molecule is CC1CCc2c(C(F)F)nn(CC(=O)N[C@@H](Cc3cc(F)cc(F)c3)c3nc4nc(N5CC(C)(O)C5)sc4cc3-c3cccc4c(N)nn(C)c34)c2C1. The van der Waals surface area contributed by atoms with E-state index in [-0.39, 0.29) is 30.1 Å². The van der Waals surface area contributed by atoms with E-state index in [1.54, 1.807) is 18.7 Å². The summed E-state index contributed by atoms with van der Waals surface area (Å²) in [7, 11) is 1.77. The highest BCUT2D eigenvalue weighted by molar-refractivity contribution is 7.22. The number of β-amino-alcohol motifs (C(OH)–C–C–N with tert-alkyl or cyclic N) is 1. The van der Waals surface area contributed by atoms with Crippen LogP contribution in [0.25, 0.3) is 32.4 Å². The summed E-state index contributed by atoms with van der Waals surface area (Å²) in [5.74, 6) is -1.56. The van der Waals surface area contributed by atoms with Crippen LogP contribution in [0.1, 0.15) is 60.9 Å². The van der Waals surface area contributed by atoms with Crippen molar-refractivity contribution in [1.82, 2.24) is 34.8 Å². The third kappa shape index (κ3) is 6.58. The molecule has 0 saturated carbocycles. The molecule has 1 unspecified atom stereocenters. The highest BCUT2D eigenvalue weighted by atomic mass is 32.1. The Hall–Kier alpha value is -5.09. The molecule has 2 atom stereocenters. The largest absolute Gasteiger partial charge is 0.386 e. The fraction of sp³-hybridized carbons (Fsp3) is 0.378. The second-order valence-electron chi connectivity index (χ2n) is 14.5. The minimum Gasteiger partial charge on any atom is -0.386 e. The van der Waals surface area contributed by atoms with E-state index in [2.05, 4.69) is 15.5 Å². The average molecular weight is 748 g/mol. The van der Waals surface area contributed by atoms with Crippen LogP contribution in [0.5, 0.6) is 0 Å². The Morgan fingerprint density at radius 2 is 1.85 bits per heavy atom. The summed E-state index contributed by atoms with van der Waals surface area (Å²) >= 11 is 1.40. The van der Waals surface area contributed by atoms with Crippen LogP contribution in [-0.4, -0.2) is 59.2 Å². The number of pyridine rings is 1. The van der Waals surface area contributed by atoms with Gasteiger partial charge in [-0.25, -0.2) is 22.5 Å². The van der Waals surface area contributed by atoms with E-state index >= 15 is 0 Å². The molecule has 276 valence electrons. The molecule has 53 heavy (non-hydrogen) atoms. The maximum absolute atomic E-state index is 14.6. The summed E-state index contributed by atoms with van der Waals surface area (Å²) < 4.78 is 61.0. The summed E-state index contributed by atoms with van der Waals surface area (Å²) in [6.07, 6.45) is -1.15. The molecule has 6 aromatic rings. The first kappa shape index (κ1) is 35.0. The van der Waals surface area contributed by atoms with Gasteiger partial charge in [0, 0.05) is 40.9 Å². The van der Waals surface area contributed by atoms with Gasteiger partial charge in [-0.1, -0.05) is 30.4 Å². The number of nitrogen functional groups attached to an aromatic ring is 1. The first-order chi connectivity index (χ1) is 25.2. The van der Waals surface area contributed by atoms with E-state index < -0.39 is 35.6 Å². The van der Waals surface area contributed by atoms with Crippen LogP contribution in [0.2, 0.25) is 0 Å². The predicted octanol–water partition coefficient (Wildman–Crippen LogP) is 6.04. The number of carbonyl (C=O) groups excluding carboxylic acids is 1. The number of hydrogen-bond acceptors (Lipinski definition) is 9. The van der Waals surface area contributed by atoms with Gasteiger partial charge in [0.15, 0.2) is 16.6 Å². The van der Waals surface area contributed by atoms with Gasteiger partial charge < -0.3 is 21.1 Å². The number of anilines is 2. The highest BCUT2D eigenvalue weighted by Gasteiger charge is 2.38. The van der Waals surface area contributed by atoms with E-state index in [9.17, 15) is 27.5 Å². The molecule has 1 fully saturated rings. The zero-order valence-corrected chi connectivity index (χ0v) is 30.0. The van der Waals surface area contributed by atoms with Crippen LogP contribution in [-0.2, 0) is 37.6 Å². The Bertz CT molecular complexity index is 2380. The number of thiazole rings is 1. The normalized spacial score (nSPS) is 17.4. The first-order valence-electron chi connectivity index (χ1n) is 17.3. The summed E-state index contributed by atoms with van der Waals surface area (Å²) in [5.41, 5.74) is 9.22. The topological polar surface area (TPSA) is 140 Å². The molecule has 1 saturated heterocycles. The van der Waals surface area contributed by atoms with E-state index in [0.717, 1.165) is 17.2 Å². The number of nitrogens with one attached hydrogen (secondary N) is 1. The third-order valence-corrected chi connectivity index (χ3v) is 11.1. The number of amides is 1. The second-order valence-corrected chi connectivity index (χ2v) is 15.5. The molecule has 8 rings (SSSR count). The molecule has 4 aromatic heterocycles. The fourth-order valence-electron chi connectivity index (χ4n) is 7.72. The Kier molecular flexibility index (Phi) is 8.64. The van der Waals surface area contributed by atoms with Crippen LogP contribution in [0.4, 0.5) is 28.5 Å². The Morgan fingerprint density at radius 1 is 1.09 bits per heavy atom. The number of aromatic nitrogens is 6. The van der Waals surface area contributed by atoms with Gasteiger partial charge in [-0.3, -0.25) is 14.2 Å². The van der Waals surface area contributed by atoms with Gasteiger partial charge in [-0.15, -0.1) is 0 Å². The lowest BCUT2D eigenvalue weighted by Gasteiger charge is -2.43. The number of aryl methyl sites for hydroxylation is 1. The van der Waals surface area contributed by atoms with E-state index in [1.807, 2.05) is 36.1 Å². The molecule has 0 bridgehead atoms. The second kappa shape index (κ2) is 13.1. The van der Waals surface area contributed by atoms with Crippen LogP contribution < -0.4 is 16.0 Å². The van der Waals surface area contributed by atoms with Crippen molar-refractivity contribution < 1.29 is 27.5 Å². The summed E-state index contributed by atoms with van der Waals surface area (Å²) in [6, 6.07) is 9.67. The van der Waals surface area contributed by atoms with Gasteiger partial charge in [0.1, 0.15) is 23.9 Å². The van der Waals surface area contributed by atoms with E-state index in [4.69, 9.17) is 15.7 Å². The summed E-state index contributed by atoms with van der Waals surface area (Å²) in [6.45, 7) is 4.23. The van der Waals surface area contributed by atoms with Gasteiger partial charge >= 0.3 is 0 Å². The van der Waals surface area contributed by atoms with E-state index in [0.29, 0.717) is 81.5 Å². The van der Waals surface area contributed by atoms with Crippen LogP contribution in [0, 0.1) is 17.6 Å². The van der Waals surface area contributed by atoms with Crippen LogP contribution >= 0.6 is 11.3 Å². The number of fused-ring (bicyclic) bond motifs is 3. The molecule has 0 radical (unpaired) electrons. The minimum absolute atomic E-state index is 0.0715. The van der Waals surface area contributed by atoms with Gasteiger partial charge in [0.05, 0.1) is 40.6 Å². The molecule has 2 aromatic carbocycles. The van der Waals surface area contributed by atoms with Crippen molar-refractivity contribution in [3.63, 3.8) is 0 Å². The Morgan fingerprint density at radius 3 is 2.57 bits per heavy atom. The molecule has 1 aliphatic carbocycles. The van der Waals surface area contributed by atoms with Gasteiger partial charge in [-0.05, 0) is 68.4 Å². The zero-order chi connectivity index (χ0) is 37.3. The average Bonchev–Trinajstić information content (AvgIpc) is 3.74. The minimum atomic E-state index is -2.79. The lowest BCUT2D eigenvalue weighted by atomic mass is 9.88. The maximum atomic E-state index is 14.6. The number of nitrogens with two attached hydrogens (primary N) is 1.